The van der Waals surface area contributed by atoms with Crippen LogP contribution >= 0.6 is 7.92 Å². The van der Waals surface area contributed by atoms with Crippen LogP contribution in [0.25, 0.3) is 0 Å². The minimum atomic E-state index is -0.503. The Bertz CT molecular complexity index is 515. The Morgan fingerprint density at radius 3 is 2.00 bits per heavy atom. The third kappa shape index (κ3) is 5.27. The first-order valence-electron chi connectivity index (χ1n) is 7.84. The molecule has 0 amide bonds. The fourth-order valence-corrected chi connectivity index (χ4v) is 4.51. The number of esters is 1. The number of rotatable bonds is 8. The van der Waals surface area contributed by atoms with Gasteiger partial charge in [-0.05, 0) is 31.1 Å². The zero-order valence-corrected chi connectivity index (χ0v) is 14.0. The van der Waals surface area contributed by atoms with Gasteiger partial charge in [0.15, 0.2) is 0 Å². The zero-order valence-electron chi connectivity index (χ0n) is 13.1. The Labute approximate surface area is 134 Å². The normalized spacial score (nSPS) is 10.6. The zero-order chi connectivity index (χ0) is 15.6. The molecule has 2 nitrogen and oxygen atoms in total. The molecule has 0 fully saturated rings. The van der Waals surface area contributed by atoms with Crippen LogP contribution in [0.15, 0.2) is 60.7 Å². The maximum absolute atomic E-state index is 11.9. The third-order valence-corrected chi connectivity index (χ3v) is 5.95. The molecule has 0 aliphatic rings. The van der Waals surface area contributed by atoms with Gasteiger partial charge in [-0.2, -0.15) is 0 Å². The largest absolute Gasteiger partial charge is 0.466 e. The second-order valence-corrected chi connectivity index (χ2v) is 7.48. The van der Waals surface area contributed by atoms with E-state index in [4.69, 9.17) is 4.74 Å². The smallest absolute Gasteiger partial charge is 0.306 e. The lowest BCUT2D eigenvalue weighted by Crippen LogP contribution is -2.16. The van der Waals surface area contributed by atoms with Gasteiger partial charge in [0.05, 0.1) is 13.0 Å². The van der Waals surface area contributed by atoms with Crippen LogP contribution in [-0.2, 0) is 9.53 Å². The molecule has 0 aromatic heterocycles. The average Bonchev–Trinajstić information content (AvgIpc) is 2.57. The maximum Gasteiger partial charge on any atom is 0.306 e. The Balaban J connectivity index is 2.02. The standard InChI is InChI=1S/C19H23O2P/c1-2-3-15-21-19(20)14-16-22(17-10-6-4-7-11-17)18-12-8-5-9-13-18/h4-13H,2-3,14-16H2,1H3. The van der Waals surface area contributed by atoms with Gasteiger partial charge in [0.25, 0.3) is 0 Å². The molecular weight excluding hydrogens is 291 g/mol. The Kier molecular flexibility index (Phi) is 7.12. The van der Waals surface area contributed by atoms with Crippen LogP contribution in [0.2, 0.25) is 0 Å². The molecule has 2 aromatic rings. The van der Waals surface area contributed by atoms with Gasteiger partial charge in [0.1, 0.15) is 0 Å². The number of ether oxygens (including phenoxy) is 1. The highest BCUT2D eigenvalue weighted by atomic mass is 31.1. The van der Waals surface area contributed by atoms with Crippen molar-refractivity contribution in [1.82, 2.24) is 0 Å². The molecule has 0 radical (unpaired) electrons. The van der Waals surface area contributed by atoms with Crippen LogP contribution < -0.4 is 10.6 Å². The Morgan fingerprint density at radius 1 is 0.955 bits per heavy atom. The fraction of sp³-hybridized carbons (Fsp3) is 0.316. The molecule has 116 valence electrons. The highest BCUT2D eigenvalue weighted by Crippen LogP contribution is 2.34. The van der Waals surface area contributed by atoms with Crippen LogP contribution in [0.5, 0.6) is 0 Å². The summed E-state index contributed by atoms with van der Waals surface area (Å²) < 4.78 is 5.28. The van der Waals surface area contributed by atoms with Crippen molar-refractivity contribution in [3.05, 3.63) is 60.7 Å². The van der Waals surface area contributed by atoms with E-state index < -0.39 is 7.92 Å². The second kappa shape index (κ2) is 9.38. The van der Waals surface area contributed by atoms with Crippen LogP contribution in [0.3, 0.4) is 0 Å². The molecule has 0 saturated heterocycles. The first-order chi connectivity index (χ1) is 10.8. The van der Waals surface area contributed by atoms with Gasteiger partial charge in [0.2, 0.25) is 0 Å². The molecule has 0 heterocycles. The Hall–Kier alpha value is -1.66. The van der Waals surface area contributed by atoms with Gasteiger partial charge in [-0.25, -0.2) is 0 Å². The molecule has 0 atom stereocenters. The minimum absolute atomic E-state index is 0.0761. The number of carbonyl (C=O) groups is 1. The molecule has 3 heteroatoms. The van der Waals surface area contributed by atoms with Crippen molar-refractivity contribution in [3.8, 4) is 0 Å². The summed E-state index contributed by atoms with van der Waals surface area (Å²) in [4.78, 5) is 11.9. The Morgan fingerprint density at radius 2 is 1.50 bits per heavy atom. The molecule has 0 N–H and O–H groups in total. The average molecular weight is 314 g/mol. The van der Waals surface area contributed by atoms with Crippen LogP contribution in [0, 0.1) is 0 Å². The van der Waals surface area contributed by atoms with E-state index in [1.54, 1.807) is 0 Å². The molecule has 0 unspecified atom stereocenters. The van der Waals surface area contributed by atoms with E-state index in [0.717, 1.165) is 19.0 Å². The SMILES string of the molecule is CCCCOC(=O)CCP(c1ccccc1)c1ccccc1. The number of benzene rings is 2. The molecule has 2 rings (SSSR count). The molecule has 0 saturated carbocycles. The molecule has 2 aromatic carbocycles. The van der Waals surface area contributed by atoms with Crippen LogP contribution in [0.1, 0.15) is 26.2 Å². The van der Waals surface area contributed by atoms with Crippen molar-refractivity contribution in [2.45, 2.75) is 26.2 Å². The highest BCUT2D eigenvalue weighted by molar-refractivity contribution is 7.73. The van der Waals surface area contributed by atoms with Gasteiger partial charge in [-0.15, -0.1) is 0 Å². The van der Waals surface area contributed by atoms with E-state index in [1.165, 1.54) is 10.6 Å². The molecule has 22 heavy (non-hydrogen) atoms. The highest BCUT2D eigenvalue weighted by Gasteiger charge is 2.15. The summed E-state index contributed by atoms with van der Waals surface area (Å²) in [6.07, 6.45) is 3.32. The summed E-state index contributed by atoms with van der Waals surface area (Å²) in [6.45, 7) is 2.64. The van der Waals surface area contributed by atoms with Crippen molar-refractivity contribution in [3.63, 3.8) is 0 Å². The van der Waals surface area contributed by atoms with E-state index in [2.05, 4.69) is 55.5 Å². The molecule has 0 bridgehead atoms. The van der Waals surface area contributed by atoms with Crippen molar-refractivity contribution in [2.75, 3.05) is 12.8 Å². The molecule has 0 aliphatic heterocycles. The van der Waals surface area contributed by atoms with E-state index in [9.17, 15) is 4.79 Å². The topological polar surface area (TPSA) is 26.3 Å². The fourth-order valence-electron chi connectivity index (χ4n) is 2.23. The monoisotopic (exact) mass is 314 g/mol. The minimum Gasteiger partial charge on any atom is -0.466 e. The van der Waals surface area contributed by atoms with E-state index in [1.807, 2.05) is 12.1 Å². The van der Waals surface area contributed by atoms with Crippen LogP contribution in [-0.4, -0.2) is 18.7 Å². The predicted octanol–water partition coefficient (Wildman–Crippen LogP) is 3.85. The van der Waals surface area contributed by atoms with Crippen molar-refractivity contribution in [2.24, 2.45) is 0 Å². The quantitative estimate of drug-likeness (QED) is 0.420. The second-order valence-electron chi connectivity index (χ2n) is 5.15. The summed E-state index contributed by atoms with van der Waals surface area (Å²) in [7, 11) is -0.503. The number of hydrogen-bond acceptors (Lipinski definition) is 2. The van der Waals surface area contributed by atoms with Crippen molar-refractivity contribution >= 4 is 24.5 Å². The van der Waals surface area contributed by atoms with Gasteiger partial charge < -0.3 is 4.74 Å². The molecular formula is C19H23O2P. The van der Waals surface area contributed by atoms with E-state index in [0.29, 0.717) is 13.0 Å². The third-order valence-electron chi connectivity index (χ3n) is 3.44. The first-order valence-corrected chi connectivity index (χ1v) is 9.37. The molecule has 0 spiro atoms. The lowest BCUT2D eigenvalue weighted by Gasteiger charge is -2.18. The van der Waals surface area contributed by atoms with Crippen LogP contribution in [0.4, 0.5) is 0 Å². The number of unbranched alkanes of at least 4 members (excludes halogenated alkanes) is 1. The lowest BCUT2D eigenvalue weighted by molar-refractivity contribution is -0.143. The number of carbonyl (C=O) groups excluding carboxylic acids is 1. The van der Waals surface area contributed by atoms with Crippen molar-refractivity contribution in [1.29, 1.82) is 0 Å². The van der Waals surface area contributed by atoms with Gasteiger partial charge in [-0.1, -0.05) is 74.0 Å². The van der Waals surface area contributed by atoms with Gasteiger partial charge >= 0.3 is 5.97 Å². The number of hydrogen-bond donors (Lipinski definition) is 0. The predicted molar refractivity (Wildman–Crippen MR) is 94.4 cm³/mol. The lowest BCUT2D eigenvalue weighted by atomic mass is 10.4. The van der Waals surface area contributed by atoms with Gasteiger partial charge in [-0.3, -0.25) is 4.79 Å². The van der Waals surface area contributed by atoms with Crippen molar-refractivity contribution < 1.29 is 9.53 Å². The van der Waals surface area contributed by atoms with E-state index in [-0.39, 0.29) is 5.97 Å². The summed E-state index contributed by atoms with van der Waals surface area (Å²) >= 11 is 0. The summed E-state index contributed by atoms with van der Waals surface area (Å²) in [5.41, 5.74) is 0. The van der Waals surface area contributed by atoms with E-state index >= 15 is 0 Å². The first kappa shape index (κ1) is 16.7. The van der Waals surface area contributed by atoms with Gasteiger partial charge in [0, 0.05) is 0 Å². The summed E-state index contributed by atoms with van der Waals surface area (Å²) in [5, 5.41) is 2.62. The summed E-state index contributed by atoms with van der Waals surface area (Å²) in [5.74, 6) is -0.0761. The maximum atomic E-state index is 11.9. The molecule has 0 aliphatic carbocycles. The summed E-state index contributed by atoms with van der Waals surface area (Å²) in [6, 6.07) is 20.9.